The van der Waals surface area contributed by atoms with Crippen LogP contribution >= 0.6 is 0 Å². The lowest BCUT2D eigenvalue weighted by Gasteiger charge is -1.95. The summed E-state index contributed by atoms with van der Waals surface area (Å²) in [5.74, 6) is 0.699. The van der Waals surface area contributed by atoms with E-state index in [1.54, 1.807) is 0 Å². The van der Waals surface area contributed by atoms with Gasteiger partial charge in [-0.1, -0.05) is 32.4 Å². The molecule has 0 atom stereocenters. The number of nitrogens with two attached hydrogens (primary N) is 1. The lowest BCUT2D eigenvalue weighted by Crippen LogP contribution is -1.97. The van der Waals surface area contributed by atoms with Gasteiger partial charge < -0.3 is 5.73 Å². The summed E-state index contributed by atoms with van der Waals surface area (Å²) < 4.78 is 0. The van der Waals surface area contributed by atoms with E-state index in [2.05, 4.69) is 26.0 Å². The normalized spacial score (nSPS) is 11.6. The molecule has 0 bridgehead atoms. The Bertz CT molecular complexity index is 95.0. The van der Waals surface area contributed by atoms with Gasteiger partial charge in [-0.05, 0) is 31.7 Å². The van der Waals surface area contributed by atoms with E-state index in [4.69, 9.17) is 5.73 Å². The lowest BCUT2D eigenvalue weighted by atomic mass is 10.1. The van der Waals surface area contributed by atoms with Crippen LogP contribution in [0.25, 0.3) is 0 Å². The van der Waals surface area contributed by atoms with Gasteiger partial charge in [0, 0.05) is 0 Å². The van der Waals surface area contributed by atoms with Crippen molar-refractivity contribution in [2.45, 2.75) is 39.5 Å². The molecule has 0 aliphatic rings. The van der Waals surface area contributed by atoms with Crippen LogP contribution in [0.5, 0.6) is 0 Å². The van der Waals surface area contributed by atoms with Gasteiger partial charge in [-0.15, -0.1) is 0 Å². The van der Waals surface area contributed by atoms with Crippen LogP contribution in [0.3, 0.4) is 0 Å². The third-order valence-corrected chi connectivity index (χ3v) is 1.60. The zero-order valence-electron chi connectivity index (χ0n) is 7.84. The van der Waals surface area contributed by atoms with E-state index in [1.807, 2.05) is 0 Å². The van der Waals surface area contributed by atoms with Crippen LogP contribution in [0.15, 0.2) is 12.2 Å². The molecule has 0 aromatic carbocycles. The molecule has 0 fully saturated rings. The predicted molar refractivity (Wildman–Crippen MR) is 51.5 cm³/mol. The molecule has 0 unspecified atom stereocenters. The molecule has 11 heavy (non-hydrogen) atoms. The van der Waals surface area contributed by atoms with Crippen molar-refractivity contribution in [2.75, 3.05) is 6.54 Å². The van der Waals surface area contributed by atoms with Crippen molar-refractivity contribution in [3.63, 3.8) is 0 Å². The van der Waals surface area contributed by atoms with Crippen molar-refractivity contribution >= 4 is 0 Å². The van der Waals surface area contributed by atoms with Gasteiger partial charge in [0.25, 0.3) is 0 Å². The molecule has 66 valence electrons. The molecule has 0 aromatic heterocycles. The van der Waals surface area contributed by atoms with Gasteiger partial charge in [-0.3, -0.25) is 0 Å². The van der Waals surface area contributed by atoms with Gasteiger partial charge in [0.2, 0.25) is 0 Å². The monoisotopic (exact) mass is 155 g/mol. The average molecular weight is 155 g/mol. The molecule has 0 saturated heterocycles. The summed E-state index contributed by atoms with van der Waals surface area (Å²) in [5.41, 5.74) is 5.37. The highest BCUT2D eigenvalue weighted by Gasteiger charge is 1.85. The fourth-order valence-corrected chi connectivity index (χ4v) is 0.952. The van der Waals surface area contributed by atoms with Crippen LogP contribution in [0.1, 0.15) is 39.5 Å². The molecule has 0 heterocycles. The Morgan fingerprint density at radius 1 is 1.18 bits per heavy atom. The van der Waals surface area contributed by atoms with Gasteiger partial charge in [0.15, 0.2) is 0 Å². The first-order valence-electron chi connectivity index (χ1n) is 4.64. The highest BCUT2D eigenvalue weighted by Crippen LogP contribution is 2.01. The zero-order valence-corrected chi connectivity index (χ0v) is 7.84. The predicted octanol–water partition coefficient (Wildman–Crippen LogP) is 2.72. The topological polar surface area (TPSA) is 26.0 Å². The highest BCUT2D eigenvalue weighted by atomic mass is 14.5. The maximum absolute atomic E-state index is 5.37. The Morgan fingerprint density at radius 2 is 1.91 bits per heavy atom. The van der Waals surface area contributed by atoms with Gasteiger partial charge in [-0.2, -0.15) is 0 Å². The molecule has 1 heteroatoms. The third-order valence-electron chi connectivity index (χ3n) is 1.60. The standard InChI is InChI=1S/C10H21N/c1-10(2)8-6-4-3-5-7-9-11/h6,8,10H,3-5,7,9,11H2,1-2H3/b8-6+. The van der Waals surface area contributed by atoms with Crippen LogP contribution in [0, 0.1) is 5.92 Å². The minimum Gasteiger partial charge on any atom is -0.330 e. The highest BCUT2D eigenvalue weighted by molar-refractivity contribution is 4.83. The number of unbranched alkanes of at least 4 members (excludes halogenated alkanes) is 3. The molecular formula is C10H21N. The van der Waals surface area contributed by atoms with E-state index in [1.165, 1.54) is 25.7 Å². The van der Waals surface area contributed by atoms with Crippen molar-refractivity contribution in [2.24, 2.45) is 11.7 Å². The second-order valence-corrected chi connectivity index (χ2v) is 3.31. The summed E-state index contributed by atoms with van der Waals surface area (Å²) in [6.07, 6.45) is 9.51. The molecule has 0 spiro atoms. The second-order valence-electron chi connectivity index (χ2n) is 3.31. The summed E-state index contributed by atoms with van der Waals surface area (Å²) in [4.78, 5) is 0. The van der Waals surface area contributed by atoms with Crippen molar-refractivity contribution in [3.05, 3.63) is 12.2 Å². The van der Waals surface area contributed by atoms with Crippen LogP contribution in [0.4, 0.5) is 0 Å². The average Bonchev–Trinajstić information content (AvgIpc) is 1.96. The van der Waals surface area contributed by atoms with Gasteiger partial charge >= 0.3 is 0 Å². The van der Waals surface area contributed by atoms with E-state index >= 15 is 0 Å². The molecule has 0 saturated carbocycles. The first-order valence-corrected chi connectivity index (χ1v) is 4.64. The summed E-state index contributed by atoms with van der Waals surface area (Å²) >= 11 is 0. The van der Waals surface area contributed by atoms with Crippen molar-refractivity contribution in [1.29, 1.82) is 0 Å². The Morgan fingerprint density at radius 3 is 2.45 bits per heavy atom. The molecule has 0 amide bonds. The number of hydrogen-bond acceptors (Lipinski definition) is 1. The smallest absolute Gasteiger partial charge is 0.00773 e. The van der Waals surface area contributed by atoms with Crippen molar-refractivity contribution in [1.82, 2.24) is 0 Å². The van der Waals surface area contributed by atoms with Gasteiger partial charge in [0.05, 0.1) is 0 Å². The first-order chi connectivity index (χ1) is 5.27. The molecule has 1 nitrogen and oxygen atoms in total. The number of allylic oxidation sites excluding steroid dienone is 2. The minimum absolute atomic E-state index is 0.699. The zero-order chi connectivity index (χ0) is 8.53. The molecule has 2 N–H and O–H groups in total. The number of hydrogen-bond donors (Lipinski definition) is 1. The molecule has 0 aliphatic carbocycles. The molecule has 0 radical (unpaired) electrons. The summed E-state index contributed by atoms with van der Waals surface area (Å²) in [6, 6.07) is 0. The van der Waals surface area contributed by atoms with Crippen LogP contribution < -0.4 is 5.73 Å². The Kier molecular flexibility index (Phi) is 7.59. The lowest BCUT2D eigenvalue weighted by molar-refractivity contribution is 0.692. The summed E-state index contributed by atoms with van der Waals surface area (Å²) in [6.45, 7) is 5.25. The Labute approximate surface area is 70.7 Å². The Hall–Kier alpha value is -0.300. The van der Waals surface area contributed by atoms with E-state index in [-0.39, 0.29) is 0 Å². The fourth-order valence-electron chi connectivity index (χ4n) is 0.952. The summed E-state index contributed by atoms with van der Waals surface area (Å²) in [5, 5.41) is 0. The SMILES string of the molecule is CC(C)/C=C/CCCCCN. The largest absolute Gasteiger partial charge is 0.330 e. The first kappa shape index (κ1) is 10.7. The van der Waals surface area contributed by atoms with E-state index in [0.717, 1.165) is 6.54 Å². The maximum Gasteiger partial charge on any atom is -0.00773 e. The third kappa shape index (κ3) is 9.70. The van der Waals surface area contributed by atoms with Gasteiger partial charge in [0.1, 0.15) is 0 Å². The van der Waals surface area contributed by atoms with Gasteiger partial charge in [-0.25, -0.2) is 0 Å². The molecular weight excluding hydrogens is 134 g/mol. The molecule has 0 aliphatic heterocycles. The van der Waals surface area contributed by atoms with E-state index < -0.39 is 0 Å². The maximum atomic E-state index is 5.37. The van der Waals surface area contributed by atoms with Crippen molar-refractivity contribution < 1.29 is 0 Å². The molecule has 0 rings (SSSR count). The quantitative estimate of drug-likeness (QED) is 0.463. The molecule has 0 aromatic rings. The summed E-state index contributed by atoms with van der Waals surface area (Å²) in [7, 11) is 0. The second kappa shape index (κ2) is 7.80. The minimum atomic E-state index is 0.699. The van der Waals surface area contributed by atoms with Crippen LogP contribution in [-0.2, 0) is 0 Å². The number of rotatable bonds is 6. The Balaban J connectivity index is 3.01. The van der Waals surface area contributed by atoms with E-state index in [0.29, 0.717) is 5.92 Å². The van der Waals surface area contributed by atoms with E-state index in [9.17, 15) is 0 Å². The van der Waals surface area contributed by atoms with Crippen LogP contribution in [0.2, 0.25) is 0 Å². The van der Waals surface area contributed by atoms with Crippen molar-refractivity contribution in [3.8, 4) is 0 Å². The fraction of sp³-hybridized carbons (Fsp3) is 0.800. The van der Waals surface area contributed by atoms with Crippen LogP contribution in [-0.4, -0.2) is 6.54 Å².